The lowest BCUT2D eigenvalue weighted by molar-refractivity contribution is -0.139. The van der Waals surface area contributed by atoms with Crippen LogP contribution in [0.4, 0.5) is 0 Å². The van der Waals surface area contributed by atoms with E-state index in [-0.39, 0.29) is 12.2 Å². The molecule has 9 heteroatoms. The van der Waals surface area contributed by atoms with Crippen LogP contribution in [0.5, 0.6) is 11.5 Å². The van der Waals surface area contributed by atoms with Crippen molar-refractivity contribution in [1.29, 1.82) is 0 Å². The van der Waals surface area contributed by atoms with Crippen molar-refractivity contribution >= 4 is 46.0 Å². The Bertz CT molecular complexity index is 1760. The lowest BCUT2D eigenvalue weighted by Crippen LogP contribution is -2.39. The molecule has 0 amide bonds. The van der Waals surface area contributed by atoms with Gasteiger partial charge in [-0.2, -0.15) is 0 Å². The third-order valence-corrected chi connectivity index (χ3v) is 8.14. The van der Waals surface area contributed by atoms with Gasteiger partial charge in [-0.25, -0.2) is 9.79 Å². The summed E-state index contributed by atoms with van der Waals surface area (Å²) >= 11 is 3.55. The van der Waals surface area contributed by atoms with Gasteiger partial charge in [0.2, 0.25) is 0 Å². The molecule has 0 radical (unpaired) electrons. The van der Waals surface area contributed by atoms with Gasteiger partial charge in [0.05, 0.1) is 35.6 Å². The molecule has 7 nitrogen and oxygen atoms in total. The fourth-order valence-corrected chi connectivity index (χ4v) is 5.99. The van der Waals surface area contributed by atoms with E-state index in [1.54, 1.807) is 25.5 Å². The van der Waals surface area contributed by atoms with Gasteiger partial charge in [0.1, 0.15) is 18.1 Å². The van der Waals surface area contributed by atoms with Crippen LogP contribution in [0.1, 0.15) is 36.6 Å². The van der Waals surface area contributed by atoms with E-state index < -0.39 is 12.0 Å². The van der Waals surface area contributed by atoms with Crippen LogP contribution < -0.4 is 24.4 Å². The predicted octanol–water partition coefficient (Wildman–Crippen LogP) is 4.99. The minimum absolute atomic E-state index is 0.223. The summed E-state index contributed by atoms with van der Waals surface area (Å²) in [6.45, 7) is 4.08. The highest BCUT2D eigenvalue weighted by molar-refractivity contribution is 14.1. The van der Waals surface area contributed by atoms with Crippen molar-refractivity contribution < 1.29 is 19.0 Å². The fourth-order valence-electron chi connectivity index (χ4n) is 4.59. The predicted molar refractivity (Wildman–Crippen MR) is 163 cm³/mol. The monoisotopic (exact) mass is 666 g/mol. The smallest absolute Gasteiger partial charge is 0.338 e. The van der Waals surface area contributed by atoms with Gasteiger partial charge in [-0.1, -0.05) is 47.7 Å². The summed E-state index contributed by atoms with van der Waals surface area (Å²) in [5, 5.41) is 0. The maximum absolute atomic E-state index is 13.8. The molecule has 2 heterocycles. The molecule has 1 aromatic heterocycles. The molecule has 1 aliphatic heterocycles. The zero-order valence-corrected chi connectivity index (χ0v) is 25.2. The molecular weight excluding hydrogens is 639 g/mol. The SMILES string of the molecule is CCOC(=O)C1=C(C)N=c2s/c(=C\c3ccc(OC)c(COc4ccc(I)cc4)c3)c(=O)n2[C@@H]1c1ccccc1. The Balaban J connectivity index is 1.56. The molecule has 1 aliphatic rings. The molecule has 204 valence electrons. The number of esters is 1. The second-order valence-corrected chi connectivity index (χ2v) is 11.3. The number of ether oxygens (including phenoxy) is 3. The van der Waals surface area contributed by atoms with E-state index in [4.69, 9.17) is 14.2 Å². The average molecular weight is 667 g/mol. The van der Waals surface area contributed by atoms with Gasteiger partial charge in [-0.3, -0.25) is 9.36 Å². The van der Waals surface area contributed by atoms with Gasteiger partial charge in [-0.05, 0) is 90.0 Å². The summed E-state index contributed by atoms with van der Waals surface area (Å²) in [7, 11) is 1.62. The average Bonchev–Trinajstić information content (AvgIpc) is 3.26. The minimum Gasteiger partial charge on any atom is -0.496 e. The molecule has 0 unspecified atom stereocenters. The Morgan fingerprint density at radius 3 is 2.55 bits per heavy atom. The molecule has 0 saturated carbocycles. The van der Waals surface area contributed by atoms with Crippen molar-refractivity contribution in [1.82, 2.24) is 4.57 Å². The van der Waals surface area contributed by atoms with Crippen LogP contribution in [0.15, 0.2) is 93.9 Å². The van der Waals surface area contributed by atoms with Crippen molar-refractivity contribution in [3.05, 3.63) is 124 Å². The molecule has 4 aromatic rings. The second-order valence-electron chi connectivity index (χ2n) is 9.03. The van der Waals surface area contributed by atoms with E-state index in [1.807, 2.05) is 78.9 Å². The molecule has 3 aromatic carbocycles. The first-order valence-corrected chi connectivity index (χ1v) is 14.6. The maximum atomic E-state index is 13.8. The van der Waals surface area contributed by atoms with Crippen molar-refractivity contribution in [3.8, 4) is 11.5 Å². The first-order chi connectivity index (χ1) is 19.4. The van der Waals surface area contributed by atoms with Gasteiger partial charge >= 0.3 is 5.97 Å². The van der Waals surface area contributed by atoms with Crippen LogP contribution >= 0.6 is 33.9 Å². The van der Waals surface area contributed by atoms with Crippen LogP contribution in [0, 0.1) is 3.57 Å². The van der Waals surface area contributed by atoms with E-state index in [0.29, 0.717) is 33.0 Å². The van der Waals surface area contributed by atoms with Crippen molar-refractivity contribution in [2.45, 2.75) is 26.5 Å². The van der Waals surface area contributed by atoms with Gasteiger partial charge in [-0.15, -0.1) is 0 Å². The molecule has 0 saturated heterocycles. The topological polar surface area (TPSA) is 79.1 Å². The number of carbonyl (C=O) groups excluding carboxylic acids is 1. The fraction of sp³-hybridized carbons (Fsp3) is 0.194. The standard InChI is InChI=1S/C31H27IN2O5S/c1-4-38-30(36)27-19(2)33-31-34(28(27)21-8-6-5-7-9-21)29(35)26(40-31)17-20-10-15-25(37-3)22(16-20)18-39-24-13-11-23(32)12-14-24/h5-17,28H,4,18H2,1-3H3/b26-17-/t28-/m1/s1. The Hall–Kier alpha value is -3.70. The van der Waals surface area contributed by atoms with E-state index in [1.165, 1.54) is 11.3 Å². The summed E-state index contributed by atoms with van der Waals surface area (Å²) in [5.41, 5.74) is 3.17. The normalized spacial score (nSPS) is 14.9. The van der Waals surface area contributed by atoms with Gasteiger partial charge in [0, 0.05) is 9.13 Å². The van der Waals surface area contributed by atoms with E-state index in [9.17, 15) is 9.59 Å². The van der Waals surface area contributed by atoms with Crippen LogP contribution in [0.25, 0.3) is 6.08 Å². The second kappa shape index (κ2) is 12.2. The molecule has 5 rings (SSSR count). The highest BCUT2D eigenvalue weighted by Gasteiger charge is 2.33. The Kier molecular flexibility index (Phi) is 8.51. The van der Waals surface area contributed by atoms with Gasteiger partial charge in [0.15, 0.2) is 4.80 Å². The zero-order valence-electron chi connectivity index (χ0n) is 22.2. The highest BCUT2D eigenvalue weighted by atomic mass is 127. The number of thiazole rings is 1. The van der Waals surface area contributed by atoms with E-state index in [2.05, 4.69) is 27.6 Å². The molecule has 0 spiro atoms. The Morgan fingerprint density at radius 1 is 1.10 bits per heavy atom. The number of benzene rings is 3. The number of allylic oxidation sites excluding steroid dienone is 1. The lowest BCUT2D eigenvalue weighted by Gasteiger charge is -2.24. The number of carbonyl (C=O) groups is 1. The third-order valence-electron chi connectivity index (χ3n) is 6.44. The Labute approximate surface area is 249 Å². The number of methoxy groups -OCH3 is 1. The van der Waals surface area contributed by atoms with Crippen LogP contribution in [0.2, 0.25) is 0 Å². The molecule has 0 fully saturated rings. The van der Waals surface area contributed by atoms with Crippen LogP contribution in [-0.2, 0) is 16.1 Å². The quantitative estimate of drug-likeness (QED) is 0.196. The number of halogens is 1. The van der Waals surface area contributed by atoms with E-state index >= 15 is 0 Å². The number of nitrogens with zero attached hydrogens (tertiary/aromatic N) is 2. The van der Waals surface area contributed by atoms with Crippen LogP contribution in [0.3, 0.4) is 0 Å². The number of hydrogen-bond donors (Lipinski definition) is 0. The maximum Gasteiger partial charge on any atom is 0.338 e. The molecule has 0 aliphatic carbocycles. The first-order valence-electron chi connectivity index (χ1n) is 12.7. The largest absolute Gasteiger partial charge is 0.496 e. The number of fused-ring (bicyclic) bond motifs is 1. The highest BCUT2D eigenvalue weighted by Crippen LogP contribution is 2.30. The van der Waals surface area contributed by atoms with E-state index in [0.717, 1.165) is 26.0 Å². The van der Waals surface area contributed by atoms with Crippen molar-refractivity contribution in [2.75, 3.05) is 13.7 Å². The molecular formula is C31H27IN2O5S. The lowest BCUT2D eigenvalue weighted by atomic mass is 9.96. The zero-order chi connectivity index (χ0) is 28.2. The number of aromatic nitrogens is 1. The number of rotatable bonds is 8. The Morgan fingerprint density at radius 2 is 1.85 bits per heavy atom. The third kappa shape index (κ3) is 5.75. The van der Waals surface area contributed by atoms with Gasteiger partial charge < -0.3 is 14.2 Å². The molecule has 0 bridgehead atoms. The summed E-state index contributed by atoms with van der Waals surface area (Å²) in [6.07, 6.45) is 1.84. The summed E-state index contributed by atoms with van der Waals surface area (Å²) in [4.78, 5) is 32.0. The molecule has 0 N–H and O–H groups in total. The minimum atomic E-state index is -0.632. The van der Waals surface area contributed by atoms with Gasteiger partial charge in [0.25, 0.3) is 5.56 Å². The van der Waals surface area contributed by atoms with Crippen molar-refractivity contribution in [3.63, 3.8) is 0 Å². The van der Waals surface area contributed by atoms with Crippen molar-refractivity contribution in [2.24, 2.45) is 4.99 Å². The molecule has 40 heavy (non-hydrogen) atoms. The summed E-state index contributed by atoms with van der Waals surface area (Å²) < 4.78 is 20.1. The summed E-state index contributed by atoms with van der Waals surface area (Å²) in [5.74, 6) is 0.984. The van der Waals surface area contributed by atoms with Crippen LogP contribution in [-0.4, -0.2) is 24.3 Å². The molecule has 1 atom stereocenters. The summed E-state index contributed by atoms with van der Waals surface area (Å²) in [6, 6.07) is 22.4. The first kappa shape index (κ1) is 27.9. The number of hydrogen-bond acceptors (Lipinski definition) is 7.